The van der Waals surface area contributed by atoms with Gasteiger partial charge in [0, 0.05) is 25.9 Å². The van der Waals surface area contributed by atoms with E-state index in [0.29, 0.717) is 26.1 Å². The molecular formula is C10H19F2N3O4S. The first-order chi connectivity index (χ1) is 9.29. The lowest BCUT2D eigenvalue weighted by Crippen LogP contribution is -2.52. The van der Waals surface area contributed by atoms with Gasteiger partial charge < -0.3 is 15.2 Å². The van der Waals surface area contributed by atoms with Crippen LogP contribution in [0.5, 0.6) is 0 Å². The highest BCUT2D eigenvalue weighted by atomic mass is 32.2. The van der Waals surface area contributed by atoms with E-state index in [1.165, 1.54) is 0 Å². The molecular weight excluding hydrogens is 296 g/mol. The Morgan fingerprint density at radius 3 is 2.30 bits per heavy atom. The van der Waals surface area contributed by atoms with Crippen molar-refractivity contribution in [2.75, 3.05) is 39.4 Å². The minimum atomic E-state index is -3.94. The molecule has 0 aromatic carbocycles. The zero-order valence-corrected chi connectivity index (χ0v) is 11.8. The van der Waals surface area contributed by atoms with Gasteiger partial charge in [-0.2, -0.15) is 17.4 Å². The summed E-state index contributed by atoms with van der Waals surface area (Å²) in [4.78, 5) is 0. The fourth-order valence-electron chi connectivity index (χ4n) is 2.21. The van der Waals surface area contributed by atoms with Crippen LogP contribution in [0.4, 0.5) is 8.78 Å². The molecule has 2 rings (SSSR count). The predicted molar refractivity (Wildman–Crippen MR) is 66.4 cm³/mol. The number of rotatable bonds is 5. The van der Waals surface area contributed by atoms with Gasteiger partial charge in [-0.1, -0.05) is 0 Å². The van der Waals surface area contributed by atoms with Gasteiger partial charge in [-0.15, -0.1) is 0 Å². The molecule has 2 aliphatic heterocycles. The van der Waals surface area contributed by atoms with Gasteiger partial charge in [-0.3, -0.25) is 0 Å². The molecule has 0 saturated carbocycles. The third-order valence-corrected chi connectivity index (χ3v) is 5.00. The summed E-state index contributed by atoms with van der Waals surface area (Å²) in [6, 6.07) is 0. The van der Waals surface area contributed by atoms with Crippen molar-refractivity contribution in [2.45, 2.75) is 24.6 Å². The number of piperidine rings is 1. The van der Waals surface area contributed by atoms with Crippen LogP contribution in [0, 0.1) is 0 Å². The lowest BCUT2D eigenvalue weighted by molar-refractivity contribution is -0.179. The highest BCUT2D eigenvalue weighted by Gasteiger charge is 2.42. The van der Waals surface area contributed by atoms with Crippen molar-refractivity contribution < 1.29 is 26.7 Å². The number of ether oxygens (including phenoxy) is 2. The van der Waals surface area contributed by atoms with Crippen molar-refractivity contribution in [3.63, 3.8) is 0 Å². The molecule has 2 aliphatic rings. The largest absolute Gasteiger partial charge is 0.347 e. The van der Waals surface area contributed by atoms with Crippen molar-refractivity contribution in [2.24, 2.45) is 5.73 Å². The zero-order chi connectivity index (χ0) is 14.9. The molecule has 2 fully saturated rings. The molecule has 7 nitrogen and oxygen atoms in total. The summed E-state index contributed by atoms with van der Waals surface area (Å²) in [5.41, 5.74) is 4.86. The van der Waals surface area contributed by atoms with E-state index in [1.54, 1.807) is 0 Å². The number of alkyl halides is 2. The average molecular weight is 315 g/mol. The van der Waals surface area contributed by atoms with E-state index in [2.05, 4.69) is 0 Å². The van der Waals surface area contributed by atoms with E-state index < -0.39 is 35.0 Å². The number of nitrogens with two attached hydrogens (primary N) is 1. The smallest absolute Gasteiger partial charge is 0.279 e. The van der Waals surface area contributed by atoms with Crippen LogP contribution in [-0.4, -0.2) is 63.8 Å². The second-order valence-corrected chi connectivity index (χ2v) is 6.65. The third-order valence-electron chi connectivity index (χ3n) is 3.45. The Bertz CT molecular complexity index is 430. The Hall–Kier alpha value is -0.390. The molecule has 118 valence electrons. The number of halogens is 2. The van der Waals surface area contributed by atoms with Crippen LogP contribution in [0.3, 0.4) is 0 Å². The summed E-state index contributed by atoms with van der Waals surface area (Å²) in [6.45, 7) is -0.574. The molecule has 2 heterocycles. The highest BCUT2D eigenvalue weighted by Crippen LogP contribution is 2.31. The summed E-state index contributed by atoms with van der Waals surface area (Å²) in [5, 5.41) is 0. The Kier molecular flexibility index (Phi) is 4.62. The first kappa shape index (κ1) is 16.0. The molecule has 10 heteroatoms. The molecule has 0 amide bonds. The zero-order valence-electron chi connectivity index (χ0n) is 11.0. The van der Waals surface area contributed by atoms with Gasteiger partial charge in [-0.05, 0) is 0 Å². The minimum absolute atomic E-state index is 0.170. The molecule has 0 bridgehead atoms. The Morgan fingerprint density at radius 2 is 1.80 bits per heavy atom. The topological polar surface area (TPSA) is 93.9 Å². The molecule has 0 aromatic rings. The lowest BCUT2D eigenvalue weighted by Gasteiger charge is -2.36. The fourth-order valence-corrected chi connectivity index (χ4v) is 3.45. The van der Waals surface area contributed by atoms with E-state index >= 15 is 0 Å². The van der Waals surface area contributed by atoms with Crippen molar-refractivity contribution in [3.8, 4) is 0 Å². The van der Waals surface area contributed by atoms with E-state index in [4.69, 9.17) is 15.2 Å². The second kappa shape index (κ2) is 5.78. The minimum Gasteiger partial charge on any atom is -0.347 e. The number of nitrogens with zero attached hydrogens (tertiary/aromatic N) is 1. The summed E-state index contributed by atoms with van der Waals surface area (Å²) in [6.07, 6.45) is 0.780. The van der Waals surface area contributed by atoms with Crippen LogP contribution >= 0.6 is 0 Å². The number of nitrogens with one attached hydrogen (secondary N) is 1. The molecule has 3 N–H and O–H groups in total. The van der Waals surface area contributed by atoms with Gasteiger partial charge in [0.15, 0.2) is 5.79 Å². The quantitative estimate of drug-likeness (QED) is 0.696. The van der Waals surface area contributed by atoms with Gasteiger partial charge in [0.2, 0.25) is 0 Å². The van der Waals surface area contributed by atoms with E-state index in [1.807, 2.05) is 4.72 Å². The van der Waals surface area contributed by atoms with Crippen LogP contribution in [0.2, 0.25) is 0 Å². The van der Waals surface area contributed by atoms with Gasteiger partial charge in [-0.25, -0.2) is 8.78 Å². The van der Waals surface area contributed by atoms with E-state index in [0.717, 1.165) is 4.31 Å². The van der Waals surface area contributed by atoms with Crippen LogP contribution in [-0.2, 0) is 19.7 Å². The molecule has 0 unspecified atom stereocenters. The van der Waals surface area contributed by atoms with Gasteiger partial charge in [0.25, 0.3) is 16.1 Å². The molecule has 1 spiro atoms. The van der Waals surface area contributed by atoms with Gasteiger partial charge >= 0.3 is 0 Å². The van der Waals surface area contributed by atoms with Crippen LogP contribution < -0.4 is 10.5 Å². The number of hydrogen-bond acceptors (Lipinski definition) is 5. The molecule has 2 saturated heterocycles. The maximum atomic E-state index is 13.0. The van der Waals surface area contributed by atoms with E-state index in [9.17, 15) is 17.2 Å². The standard InChI is InChI=1S/C10H19F2N3O4S/c11-9(12,7-13)8-14-20(16,17)15-3-1-10(2-4-15)18-5-6-19-10/h14H,1-8,13H2. The van der Waals surface area contributed by atoms with Crippen LogP contribution in [0.25, 0.3) is 0 Å². The predicted octanol–water partition coefficient (Wildman–Crippen LogP) is -0.746. The Labute approximate surface area is 116 Å². The monoisotopic (exact) mass is 315 g/mol. The molecule has 0 aliphatic carbocycles. The van der Waals surface area contributed by atoms with Crippen LogP contribution in [0.1, 0.15) is 12.8 Å². The maximum absolute atomic E-state index is 13.0. The van der Waals surface area contributed by atoms with Gasteiger partial charge in [0.05, 0.1) is 26.3 Å². The lowest BCUT2D eigenvalue weighted by atomic mass is 10.1. The summed E-state index contributed by atoms with van der Waals surface area (Å²) in [5.74, 6) is -3.95. The first-order valence-corrected chi connectivity index (χ1v) is 7.83. The molecule has 20 heavy (non-hydrogen) atoms. The van der Waals surface area contributed by atoms with Gasteiger partial charge in [0.1, 0.15) is 0 Å². The second-order valence-electron chi connectivity index (χ2n) is 4.89. The Morgan fingerprint density at radius 1 is 1.25 bits per heavy atom. The fraction of sp³-hybridized carbons (Fsp3) is 1.00. The van der Waals surface area contributed by atoms with E-state index in [-0.39, 0.29) is 13.1 Å². The summed E-state index contributed by atoms with van der Waals surface area (Å²) < 4.78 is 63.7. The summed E-state index contributed by atoms with van der Waals surface area (Å²) >= 11 is 0. The highest BCUT2D eigenvalue weighted by molar-refractivity contribution is 7.87. The first-order valence-electron chi connectivity index (χ1n) is 6.39. The number of hydrogen-bond donors (Lipinski definition) is 2. The normalized spacial score (nSPS) is 24.4. The van der Waals surface area contributed by atoms with Crippen molar-refractivity contribution in [1.82, 2.24) is 9.03 Å². The van der Waals surface area contributed by atoms with Crippen molar-refractivity contribution in [3.05, 3.63) is 0 Å². The van der Waals surface area contributed by atoms with Crippen molar-refractivity contribution >= 4 is 10.2 Å². The SMILES string of the molecule is NCC(F)(F)CNS(=O)(=O)N1CCC2(CC1)OCCO2. The Balaban J connectivity index is 1.88. The molecule has 0 radical (unpaired) electrons. The maximum Gasteiger partial charge on any atom is 0.279 e. The summed E-state index contributed by atoms with van der Waals surface area (Å²) in [7, 11) is -3.94. The molecule has 0 aromatic heterocycles. The average Bonchev–Trinajstić information content (AvgIpc) is 2.86. The molecule has 0 atom stereocenters. The third kappa shape index (κ3) is 3.62. The van der Waals surface area contributed by atoms with Crippen molar-refractivity contribution in [1.29, 1.82) is 0 Å². The van der Waals surface area contributed by atoms with Crippen LogP contribution in [0.15, 0.2) is 0 Å².